The smallest absolute Gasteiger partial charge is 0.231 e. The number of benzene rings is 1. The van der Waals surface area contributed by atoms with E-state index < -0.39 is 5.82 Å². The number of hydrogen-bond acceptors (Lipinski definition) is 5. The van der Waals surface area contributed by atoms with Crippen LogP contribution in [0.5, 0.6) is 0 Å². The fourth-order valence-electron chi connectivity index (χ4n) is 2.42. The molecule has 0 bridgehead atoms. The van der Waals surface area contributed by atoms with Crippen LogP contribution in [0, 0.1) is 5.82 Å². The van der Waals surface area contributed by atoms with Crippen molar-refractivity contribution in [1.29, 1.82) is 0 Å². The highest BCUT2D eigenvalue weighted by atomic mass is 19.1. The van der Waals surface area contributed by atoms with Crippen molar-refractivity contribution in [2.75, 3.05) is 43.4 Å². The first-order chi connectivity index (χ1) is 9.51. The lowest BCUT2D eigenvalue weighted by molar-refractivity contribution is -0.119. The monoisotopic (exact) mass is 279 g/mol. The second-order valence-corrected chi connectivity index (χ2v) is 4.75. The third kappa shape index (κ3) is 3.05. The number of carbonyl (C=O) groups excluding carboxylic acids is 1. The average Bonchev–Trinajstić information content (AvgIpc) is 2.38. The molecule has 108 valence electrons. The Morgan fingerprint density at radius 1 is 1.35 bits per heavy atom. The van der Waals surface area contributed by atoms with Gasteiger partial charge in [0.2, 0.25) is 5.91 Å². The van der Waals surface area contributed by atoms with Gasteiger partial charge >= 0.3 is 0 Å². The molecule has 20 heavy (non-hydrogen) atoms. The van der Waals surface area contributed by atoms with Crippen molar-refractivity contribution in [3.8, 4) is 0 Å². The molecule has 7 heteroatoms. The Labute approximate surface area is 116 Å². The van der Waals surface area contributed by atoms with E-state index in [1.54, 1.807) is 0 Å². The Hall–Kier alpha value is -2.15. The van der Waals surface area contributed by atoms with Crippen LogP contribution in [-0.2, 0) is 4.79 Å². The quantitative estimate of drug-likeness (QED) is 0.615. The summed E-state index contributed by atoms with van der Waals surface area (Å²) in [5.41, 5.74) is 12.5. The number of nitrogens with zero attached hydrogens (tertiary/aromatic N) is 3. The number of nitrogen functional groups attached to an aromatic ring is 1. The molecule has 0 radical (unpaired) electrons. The van der Waals surface area contributed by atoms with Crippen LogP contribution >= 0.6 is 0 Å². The van der Waals surface area contributed by atoms with Gasteiger partial charge in [0, 0.05) is 32.2 Å². The van der Waals surface area contributed by atoms with Crippen LogP contribution in [0.1, 0.15) is 0 Å². The van der Waals surface area contributed by atoms with Gasteiger partial charge in [-0.2, -0.15) is 0 Å². The molecule has 0 unspecified atom stereocenters. The molecule has 1 amide bonds. The summed E-state index contributed by atoms with van der Waals surface area (Å²) in [6, 6.07) is 2.59. The second-order valence-electron chi connectivity index (χ2n) is 4.75. The van der Waals surface area contributed by atoms with Gasteiger partial charge in [-0.25, -0.2) is 4.39 Å². The zero-order valence-corrected chi connectivity index (χ0v) is 11.2. The van der Waals surface area contributed by atoms with Gasteiger partial charge in [-0.15, -0.1) is 0 Å². The Kier molecular flexibility index (Phi) is 4.19. The van der Waals surface area contributed by atoms with Gasteiger partial charge in [-0.3, -0.25) is 14.7 Å². The summed E-state index contributed by atoms with van der Waals surface area (Å²) in [5.74, 6) is -0.769. The van der Waals surface area contributed by atoms with Crippen molar-refractivity contribution in [3.05, 3.63) is 17.9 Å². The Balaban J connectivity index is 2.14. The number of piperazine rings is 1. The van der Waals surface area contributed by atoms with Crippen LogP contribution in [0.25, 0.3) is 0 Å². The minimum absolute atomic E-state index is 0.249. The highest BCUT2D eigenvalue weighted by Gasteiger charge is 2.22. The lowest BCUT2D eigenvalue weighted by atomic mass is 10.1. The van der Waals surface area contributed by atoms with Gasteiger partial charge in [0.1, 0.15) is 5.82 Å². The van der Waals surface area contributed by atoms with E-state index in [9.17, 15) is 9.18 Å². The molecule has 1 fully saturated rings. The molecule has 1 heterocycles. The van der Waals surface area contributed by atoms with Crippen molar-refractivity contribution >= 4 is 29.7 Å². The fraction of sp³-hybridized carbons (Fsp3) is 0.385. The summed E-state index contributed by atoms with van der Waals surface area (Å²) in [5, 5.41) is 0. The van der Waals surface area contributed by atoms with E-state index in [4.69, 9.17) is 11.5 Å². The highest BCUT2D eigenvalue weighted by Crippen LogP contribution is 2.35. The van der Waals surface area contributed by atoms with E-state index in [0.29, 0.717) is 43.2 Å². The van der Waals surface area contributed by atoms with Crippen molar-refractivity contribution < 1.29 is 9.18 Å². The van der Waals surface area contributed by atoms with E-state index in [-0.39, 0.29) is 12.5 Å². The van der Waals surface area contributed by atoms with Gasteiger partial charge in [0.25, 0.3) is 0 Å². The molecule has 1 aromatic carbocycles. The standard InChI is InChI=1S/C13H18FN5O/c1-17-11-7-9(14)6-10(15)13(11)19-4-2-18(3-5-19)8-12(16)20/h6-7H,1-5,8,15H2,(H2,16,20). The maximum Gasteiger partial charge on any atom is 0.231 e. The normalized spacial score (nSPS) is 16.1. The topological polar surface area (TPSA) is 87.9 Å². The Morgan fingerprint density at radius 2 is 2.00 bits per heavy atom. The summed E-state index contributed by atoms with van der Waals surface area (Å²) in [7, 11) is 0. The number of rotatable bonds is 4. The first-order valence-corrected chi connectivity index (χ1v) is 6.32. The van der Waals surface area contributed by atoms with Crippen molar-refractivity contribution in [2.45, 2.75) is 0 Å². The highest BCUT2D eigenvalue weighted by molar-refractivity contribution is 5.81. The number of nitrogens with two attached hydrogens (primary N) is 2. The van der Waals surface area contributed by atoms with Gasteiger partial charge < -0.3 is 16.4 Å². The molecule has 0 saturated carbocycles. The maximum atomic E-state index is 13.3. The number of aliphatic imine (C=N–C) groups is 1. The SMILES string of the molecule is C=Nc1cc(F)cc(N)c1N1CCN(CC(N)=O)CC1. The molecule has 1 aliphatic heterocycles. The molecule has 6 nitrogen and oxygen atoms in total. The molecule has 1 aromatic rings. The minimum Gasteiger partial charge on any atom is -0.397 e. The molecule has 0 aromatic heterocycles. The van der Waals surface area contributed by atoms with Crippen LogP contribution in [-0.4, -0.2) is 50.2 Å². The van der Waals surface area contributed by atoms with Crippen LogP contribution in [0.15, 0.2) is 17.1 Å². The molecule has 0 aliphatic carbocycles. The predicted molar refractivity (Wildman–Crippen MR) is 77.9 cm³/mol. The lowest BCUT2D eigenvalue weighted by Gasteiger charge is -2.36. The van der Waals surface area contributed by atoms with E-state index >= 15 is 0 Å². The number of halogens is 1. The van der Waals surface area contributed by atoms with Crippen LogP contribution < -0.4 is 16.4 Å². The van der Waals surface area contributed by atoms with Gasteiger partial charge in [-0.05, 0) is 12.8 Å². The number of primary amides is 1. The molecule has 1 saturated heterocycles. The van der Waals surface area contributed by atoms with Crippen molar-refractivity contribution in [3.63, 3.8) is 0 Å². The van der Waals surface area contributed by atoms with E-state index in [0.717, 1.165) is 0 Å². The van der Waals surface area contributed by atoms with Crippen LogP contribution in [0.4, 0.5) is 21.5 Å². The van der Waals surface area contributed by atoms with Crippen LogP contribution in [0.2, 0.25) is 0 Å². The molecule has 2 rings (SSSR count). The predicted octanol–water partition coefficient (Wildman–Crippen LogP) is 0.347. The third-order valence-corrected chi connectivity index (χ3v) is 3.32. The zero-order valence-electron chi connectivity index (χ0n) is 11.2. The van der Waals surface area contributed by atoms with Gasteiger partial charge in [0.05, 0.1) is 23.6 Å². The Bertz CT molecular complexity index is 526. The Morgan fingerprint density at radius 3 is 2.55 bits per heavy atom. The molecule has 0 atom stereocenters. The summed E-state index contributed by atoms with van der Waals surface area (Å²) < 4.78 is 13.3. The summed E-state index contributed by atoms with van der Waals surface area (Å²) in [6.45, 7) is 6.43. The zero-order chi connectivity index (χ0) is 14.7. The number of amides is 1. The van der Waals surface area contributed by atoms with Crippen LogP contribution in [0.3, 0.4) is 0 Å². The number of carbonyl (C=O) groups is 1. The largest absolute Gasteiger partial charge is 0.397 e. The summed E-state index contributed by atoms with van der Waals surface area (Å²) >= 11 is 0. The molecule has 1 aliphatic rings. The second kappa shape index (κ2) is 5.87. The van der Waals surface area contributed by atoms with E-state index in [1.165, 1.54) is 12.1 Å². The summed E-state index contributed by atoms with van der Waals surface area (Å²) in [6.07, 6.45) is 0. The first-order valence-electron chi connectivity index (χ1n) is 6.32. The van der Waals surface area contributed by atoms with Crippen molar-refractivity contribution in [1.82, 2.24) is 4.90 Å². The number of hydrogen-bond donors (Lipinski definition) is 2. The fourth-order valence-corrected chi connectivity index (χ4v) is 2.42. The number of anilines is 2. The van der Waals surface area contributed by atoms with E-state index in [2.05, 4.69) is 11.7 Å². The maximum absolute atomic E-state index is 13.3. The van der Waals surface area contributed by atoms with E-state index in [1.807, 2.05) is 9.80 Å². The van der Waals surface area contributed by atoms with Gasteiger partial charge in [-0.1, -0.05) is 0 Å². The summed E-state index contributed by atoms with van der Waals surface area (Å²) in [4.78, 5) is 18.7. The molecular weight excluding hydrogens is 261 g/mol. The molecular formula is C13H18FN5O. The molecule has 0 spiro atoms. The van der Waals surface area contributed by atoms with Crippen molar-refractivity contribution in [2.24, 2.45) is 10.7 Å². The first kappa shape index (κ1) is 14.3. The lowest BCUT2D eigenvalue weighted by Crippen LogP contribution is -2.49. The third-order valence-electron chi connectivity index (χ3n) is 3.32. The average molecular weight is 279 g/mol. The minimum atomic E-state index is -0.430. The van der Waals surface area contributed by atoms with Gasteiger partial charge in [0.15, 0.2) is 0 Å². The molecule has 4 N–H and O–H groups in total.